The Labute approximate surface area is 192 Å². The van der Waals surface area contributed by atoms with Crippen LogP contribution in [0.4, 0.5) is 0 Å². The lowest BCUT2D eigenvalue weighted by Gasteiger charge is -2.15. The molecule has 1 N–H and O–H groups in total. The summed E-state index contributed by atoms with van der Waals surface area (Å²) in [5, 5.41) is 2.30. The normalized spacial score (nSPS) is 11.2. The maximum atomic E-state index is 6.42. The zero-order valence-corrected chi connectivity index (χ0v) is 18.0. The van der Waals surface area contributed by atoms with Crippen LogP contribution in [0.2, 0.25) is 0 Å². The number of ether oxygens (including phenoxy) is 1. The van der Waals surface area contributed by atoms with E-state index in [4.69, 9.17) is 9.72 Å². The molecule has 3 nitrogen and oxygen atoms in total. The fourth-order valence-electron chi connectivity index (χ4n) is 4.40. The molecule has 4 aromatic carbocycles. The Morgan fingerprint density at radius 3 is 2.21 bits per heavy atom. The lowest BCUT2D eigenvalue weighted by molar-refractivity contribution is 0.303. The molecule has 0 spiro atoms. The molecule has 6 rings (SSSR count). The number of nitrogens with one attached hydrogen (secondary N) is 1. The van der Waals surface area contributed by atoms with E-state index < -0.39 is 0 Å². The first kappa shape index (κ1) is 19.3. The van der Waals surface area contributed by atoms with Crippen molar-refractivity contribution in [2.24, 2.45) is 0 Å². The van der Waals surface area contributed by atoms with Crippen molar-refractivity contribution in [3.63, 3.8) is 0 Å². The van der Waals surface area contributed by atoms with E-state index in [1.54, 1.807) is 0 Å². The molecule has 158 valence electrons. The van der Waals surface area contributed by atoms with Crippen LogP contribution in [0.15, 0.2) is 115 Å². The maximum absolute atomic E-state index is 6.42. The van der Waals surface area contributed by atoms with Gasteiger partial charge in [-0.2, -0.15) is 0 Å². The summed E-state index contributed by atoms with van der Waals surface area (Å²) >= 11 is 0. The average Bonchev–Trinajstić information content (AvgIpc) is 3.32. The molecule has 0 aliphatic carbocycles. The molecule has 2 aromatic heterocycles. The highest BCUT2D eigenvalue weighted by molar-refractivity contribution is 6.07. The highest BCUT2D eigenvalue weighted by Gasteiger charge is 2.17. The molecule has 6 aromatic rings. The number of hydrogen-bond donors (Lipinski definition) is 1. The third-order valence-corrected chi connectivity index (χ3v) is 5.99. The second-order valence-electron chi connectivity index (χ2n) is 8.08. The summed E-state index contributed by atoms with van der Waals surface area (Å²) in [7, 11) is 0. The zero-order valence-electron chi connectivity index (χ0n) is 18.0. The summed E-state index contributed by atoms with van der Waals surface area (Å²) in [5.74, 6) is 0.848. The van der Waals surface area contributed by atoms with Crippen LogP contribution in [-0.4, -0.2) is 9.97 Å². The van der Waals surface area contributed by atoms with Gasteiger partial charge in [-0.15, -0.1) is 0 Å². The summed E-state index contributed by atoms with van der Waals surface area (Å²) in [6.45, 7) is 0.404. The summed E-state index contributed by atoms with van der Waals surface area (Å²) in [4.78, 5) is 8.23. The Hall–Kier alpha value is -4.37. The number of hydrogen-bond acceptors (Lipinski definition) is 2. The Balaban J connectivity index is 1.47. The van der Waals surface area contributed by atoms with Crippen LogP contribution in [0.1, 0.15) is 5.69 Å². The minimum absolute atomic E-state index is 0.404. The van der Waals surface area contributed by atoms with E-state index in [-0.39, 0.29) is 0 Å². The Morgan fingerprint density at radius 2 is 1.39 bits per heavy atom. The molecule has 33 heavy (non-hydrogen) atoms. The molecule has 0 amide bonds. The number of aromatic amines is 1. The van der Waals surface area contributed by atoms with E-state index in [0.717, 1.165) is 44.4 Å². The van der Waals surface area contributed by atoms with Gasteiger partial charge in [0.05, 0.1) is 11.2 Å². The van der Waals surface area contributed by atoms with Crippen molar-refractivity contribution in [3.05, 3.63) is 121 Å². The van der Waals surface area contributed by atoms with Gasteiger partial charge in [0.2, 0.25) is 0 Å². The quantitative estimate of drug-likeness (QED) is 0.308. The van der Waals surface area contributed by atoms with E-state index in [1.807, 2.05) is 36.4 Å². The molecule has 0 saturated carbocycles. The number of nitrogens with zero attached hydrogens (tertiary/aromatic N) is 1. The number of H-pyrrole nitrogens is 1. The molecular formula is C30H22N2O. The van der Waals surface area contributed by atoms with Crippen molar-refractivity contribution in [2.45, 2.75) is 6.61 Å². The summed E-state index contributed by atoms with van der Waals surface area (Å²) in [6, 6.07) is 37.4. The van der Waals surface area contributed by atoms with Gasteiger partial charge in [-0.1, -0.05) is 84.9 Å². The summed E-state index contributed by atoms with van der Waals surface area (Å²) < 4.78 is 6.42. The summed E-state index contributed by atoms with van der Waals surface area (Å²) in [5.41, 5.74) is 7.53. The van der Waals surface area contributed by atoms with E-state index in [9.17, 15) is 0 Å². The molecule has 0 fully saturated rings. The van der Waals surface area contributed by atoms with Crippen molar-refractivity contribution < 1.29 is 4.74 Å². The molecular weight excluding hydrogens is 404 g/mol. The first-order chi connectivity index (χ1) is 16.4. The van der Waals surface area contributed by atoms with Crippen LogP contribution in [0.3, 0.4) is 0 Å². The van der Waals surface area contributed by atoms with Gasteiger partial charge < -0.3 is 9.72 Å². The minimum Gasteiger partial charge on any atom is -0.487 e. The number of benzene rings is 4. The molecule has 0 saturated heterocycles. The first-order valence-corrected chi connectivity index (χ1v) is 11.1. The predicted octanol–water partition coefficient (Wildman–Crippen LogP) is 7.63. The van der Waals surface area contributed by atoms with Crippen LogP contribution >= 0.6 is 0 Å². The number of aromatic nitrogens is 2. The highest BCUT2D eigenvalue weighted by atomic mass is 16.5. The smallest absolute Gasteiger partial charge is 0.130 e. The van der Waals surface area contributed by atoms with Crippen molar-refractivity contribution >= 4 is 21.8 Å². The molecule has 3 heteroatoms. The summed E-state index contributed by atoms with van der Waals surface area (Å²) in [6.07, 6.45) is 2.08. The molecule has 0 atom stereocenters. The molecule has 0 unspecified atom stereocenters. The molecule has 0 aliphatic rings. The fraction of sp³-hybridized carbons (Fsp3) is 0.0333. The molecule has 0 aliphatic heterocycles. The molecule has 2 heterocycles. The minimum atomic E-state index is 0.404. The average molecular weight is 427 g/mol. The predicted molar refractivity (Wildman–Crippen MR) is 135 cm³/mol. The van der Waals surface area contributed by atoms with E-state index in [2.05, 4.69) is 84.0 Å². The van der Waals surface area contributed by atoms with Gasteiger partial charge in [-0.05, 0) is 35.4 Å². The maximum Gasteiger partial charge on any atom is 0.130 e. The van der Waals surface area contributed by atoms with Gasteiger partial charge in [-0.3, -0.25) is 0 Å². The van der Waals surface area contributed by atoms with Crippen molar-refractivity contribution in [1.82, 2.24) is 9.97 Å². The Bertz CT molecular complexity index is 1550. The SMILES string of the molecule is c1ccc(-c2c[nH]c3ccc(OCc4ccc5ccccc5n4)c(-c4ccccc4)c23)cc1. The van der Waals surface area contributed by atoms with Crippen LogP contribution in [-0.2, 0) is 6.61 Å². The van der Waals surface area contributed by atoms with E-state index >= 15 is 0 Å². The lowest BCUT2D eigenvalue weighted by atomic mass is 9.95. The number of rotatable bonds is 5. The Kier molecular flexibility index (Phi) is 4.85. The van der Waals surface area contributed by atoms with Crippen molar-refractivity contribution in [3.8, 4) is 28.0 Å². The van der Waals surface area contributed by atoms with E-state index in [0.29, 0.717) is 6.61 Å². The van der Waals surface area contributed by atoms with Crippen molar-refractivity contribution in [1.29, 1.82) is 0 Å². The van der Waals surface area contributed by atoms with Gasteiger partial charge in [-0.25, -0.2) is 4.98 Å². The number of pyridine rings is 1. The second kappa shape index (κ2) is 8.29. The van der Waals surface area contributed by atoms with Crippen LogP contribution in [0.5, 0.6) is 5.75 Å². The zero-order chi connectivity index (χ0) is 22.0. The highest BCUT2D eigenvalue weighted by Crippen LogP contribution is 2.42. The van der Waals surface area contributed by atoms with Gasteiger partial charge in [0.1, 0.15) is 12.4 Å². The number of fused-ring (bicyclic) bond motifs is 2. The lowest BCUT2D eigenvalue weighted by Crippen LogP contribution is -2.00. The molecule has 0 radical (unpaired) electrons. The molecule has 0 bridgehead atoms. The van der Waals surface area contributed by atoms with Gasteiger partial charge in [0.15, 0.2) is 0 Å². The first-order valence-electron chi connectivity index (χ1n) is 11.1. The third-order valence-electron chi connectivity index (χ3n) is 5.99. The number of para-hydroxylation sites is 1. The fourth-order valence-corrected chi connectivity index (χ4v) is 4.40. The third kappa shape index (κ3) is 3.64. The van der Waals surface area contributed by atoms with Gasteiger partial charge in [0.25, 0.3) is 0 Å². The van der Waals surface area contributed by atoms with Crippen LogP contribution in [0, 0.1) is 0 Å². The standard InChI is InChI=1S/C30H22N2O/c1-3-9-21(10-4-1)25-19-31-27-17-18-28(29(30(25)27)23-12-5-2-6-13-23)33-20-24-16-15-22-11-7-8-14-26(22)32-24/h1-19,31H,20H2. The van der Waals surface area contributed by atoms with Crippen LogP contribution < -0.4 is 4.74 Å². The van der Waals surface area contributed by atoms with Gasteiger partial charge >= 0.3 is 0 Å². The second-order valence-corrected chi connectivity index (χ2v) is 8.08. The van der Waals surface area contributed by atoms with Gasteiger partial charge in [0, 0.05) is 33.6 Å². The topological polar surface area (TPSA) is 37.9 Å². The Morgan fingerprint density at radius 1 is 0.667 bits per heavy atom. The monoisotopic (exact) mass is 426 g/mol. The van der Waals surface area contributed by atoms with Crippen molar-refractivity contribution in [2.75, 3.05) is 0 Å². The largest absolute Gasteiger partial charge is 0.487 e. The van der Waals surface area contributed by atoms with Crippen LogP contribution in [0.25, 0.3) is 44.1 Å². The van der Waals surface area contributed by atoms with E-state index in [1.165, 1.54) is 11.1 Å².